The summed E-state index contributed by atoms with van der Waals surface area (Å²) in [4.78, 5) is 10.5. The molecule has 6 heteroatoms. The number of aliphatic carboxylic acids is 1. The second kappa shape index (κ2) is 6.15. The molecule has 0 aliphatic heterocycles. The molecule has 0 saturated heterocycles. The fourth-order valence-corrected chi connectivity index (χ4v) is 1.55. The quantitative estimate of drug-likeness (QED) is 0.673. The van der Waals surface area contributed by atoms with E-state index < -0.39 is 5.97 Å². The van der Waals surface area contributed by atoms with Crippen LogP contribution in [0.3, 0.4) is 0 Å². The fraction of sp³-hybridized carbons (Fsp3) is 0.182. The summed E-state index contributed by atoms with van der Waals surface area (Å²) in [5, 5.41) is 9.60. The summed E-state index contributed by atoms with van der Waals surface area (Å²) in [6.07, 6.45) is 1.43. The van der Waals surface area contributed by atoms with E-state index in [4.69, 9.17) is 44.6 Å². The van der Waals surface area contributed by atoms with Crippen LogP contribution >= 0.6 is 34.8 Å². The molecule has 0 saturated carbocycles. The Morgan fingerprint density at radius 3 is 2.47 bits per heavy atom. The fourth-order valence-electron chi connectivity index (χ4n) is 0.959. The second-order valence-corrected chi connectivity index (χ2v) is 4.42. The predicted octanol–water partition coefficient (Wildman–Crippen LogP) is 4.06. The number of halogens is 3. The molecule has 0 heterocycles. The lowest BCUT2D eigenvalue weighted by Crippen LogP contribution is -2.01. The van der Waals surface area contributed by atoms with E-state index in [1.165, 1.54) is 25.1 Å². The topological polar surface area (TPSA) is 46.5 Å². The highest BCUT2D eigenvalue weighted by Crippen LogP contribution is 2.33. The molecule has 92 valence electrons. The van der Waals surface area contributed by atoms with Crippen LogP contribution in [0.4, 0.5) is 0 Å². The Bertz CT molecular complexity index is 469. The highest BCUT2D eigenvalue weighted by molar-refractivity contribution is 6.43. The predicted molar refractivity (Wildman–Crippen MR) is 68.4 cm³/mol. The van der Waals surface area contributed by atoms with E-state index in [2.05, 4.69) is 0 Å². The molecule has 0 aliphatic carbocycles. The molecule has 0 fully saturated rings. The summed E-state index contributed by atoms with van der Waals surface area (Å²) < 4.78 is 5.28. The first kappa shape index (κ1) is 14.2. The van der Waals surface area contributed by atoms with Gasteiger partial charge >= 0.3 is 5.97 Å². The lowest BCUT2D eigenvalue weighted by molar-refractivity contribution is -0.132. The highest BCUT2D eigenvalue weighted by atomic mass is 35.5. The van der Waals surface area contributed by atoms with Crippen LogP contribution in [0.15, 0.2) is 23.8 Å². The zero-order valence-electron chi connectivity index (χ0n) is 8.84. The minimum Gasteiger partial charge on any atom is -0.488 e. The molecule has 0 radical (unpaired) electrons. The van der Waals surface area contributed by atoms with Gasteiger partial charge in [-0.3, -0.25) is 0 Å². The molecule has 17 heavy (non-hydrogen) atoms. The minimum absolute atomic E-state index is 0.0931. The smallest absolute Gasteiger partial charge is 0.331 e. The van der Waals surface area contributed by atoms with Gasteiger partial charge in [-0.25, -0.2) is 4.79 Å². The molecule has 0 spiro atoms. The Kier molecular flexibility index (Phi) is 5.12. The van der Waals surface area contributed by atoms with Crippen molar-refractivity contribution in [1.82, 2.24) is 0 Å². The van der Waals surface area contributed by atoms with Gasteiger partial charge in [-0.1, -0.05) is 34.8 Å². The zero-order chi connectivity index (χ0) is 13.0. The van der Waals surface area contributed by atoms with Crippen molar-refractivity contribution in [2.45, 2.75) is 6.92 Å². The average Bonchev–Trinajstić information content (AvgIpc) is 2.25. The van der Waals surface area contributed by atoms with Gasteiger partial charge in [0.15, 0.2) is 0 Å². The molecule has 0 bridgehead atoms. The van der Waals surface area contributed by atoms with Gasteiger partial charge in [0.05, 0.1) is 15.1 Å². The van der Waals surface area contributed by atoms with E-state index in [0.717, 1.165) is 0 Å². The molecule has 0 atom stereocenters. The van der Waals surface area contributed by atoms with Crippen LogP contribution in [0.5, 0.6) is 5.75 Å². The van der Waals surface area contributed by atoms with E-state index >= 15 is 0 Å². The average molecular weight is 296 g/mol. The Labute approximate surface area is 114 Å². The van der Waals surface area contributed by atoms with Crippen molar-refractivity contribution in [3.63, 3.8) is 0 Å². The van der Waals surface area contributed by atoms with Crippen LogP contribution in [0.2, 0.25) is 15.1 Å². The normalized spacial score (nSPS) is 11.4. The number of carboxylic acids is 1. The largest absolute Gasteiger partial charge is 0.488 e. The molecule has 3 nitrogen and oxygen atoms in total. The summed E-state index contributed by atoms with van der Waals surface area (Å²) in [7, 11) is 0. The third-order valence-corrected chi connectivity index (χ3v) is 2.96. The van der Waals surface area contributed by atoms with Crippen molar-refractivity contribution in [3.8, 4) is 5.75 Å². The number of ether oxygens (including phenoxy) is 1. The lowest BCUT2D eigenvalue weighted by atomic mass is 10.3. The number of carboxylic acid groups (broad SMARTS) is 1. The zero-order valence-corrected chi connectivity index (χ0v) is 11.1. The standard InChI is InChI=1S/C11H9Cl3O3/c1-6(11(15)16)2-3-17-10-5-8(13)7(12)4-9(10)14/h2,4-5H,3H2,1H3,(H,15,16). The van der Waals surface area contributed by atoms with Gasteiger partial charge in [0.1, 0.15) is 12.4 Å². The van der Waals surface area contributed by atoms with Crippen molar-refractivity contribution >= 4 is 40.8 Å². The molecule has 1 N–H and O–H groups in total. The maximum absolute atomic E-state index is 10.5. The van der Waals surface area contributed by atoms with Crippen molar-refractivity contribution in [2.24, 2.45) is 0 Å². The second-order valence-electron chi connectivity index (χ2n) is 3.20. The van der Waals surface area contributed by atoms with E-state index in [0.29, 0.717) is 20.8 Å². The summed E-state index contributed by atoms with van der Waals surface area (Å²) >= 11 is 17.4. The Balaban J connectivity index is 2.74. The van der Waals surface area contributed by atoms with E-state index in [-0.39, 0.29) is 12.2 Å². The molecule has 0 unspecified atom stereocenters. The molecule has 0 aromatic heterocycles. The third kappa shape index (κ3) is 4.11. The summed E-state index contributed by atoms with van der Waals surface area (Å²) in [6, 6.07) is 2.95. The molecule has 0 amide bonds. The van der Waals surface area contributed by atoms with Crippen molar-refractivity contribution < 1.29 is 14.6 Å². The van der Waals surface area contributed by atoms with Gasteiger partial charge in [0.2, 0.25) is 0 Å². The number of carbonyl (C=O) groups is 1. The Morgan fingerprint density at radius 2 is 1.88 bits per heavy atom. The summed E-state index contributed by atoms with van der Waals surface area (Å²) in [5.74, 6) is -0.635. The van der Waals surface area contributed by atoms with E-state index in [1.807, 2.05) is 0 Å². The molecular formula is C11H9Cl3O3. The van der Waals surface area contributed by atoms with Crippen LogP contribution in [-0.2, 0) is 4.79 Å². The Hall–Kier alpha value is -0.900. The number of benzene rings is 1. The van der Waals surface area contributed by atoms with Crippen LogP contribution < -0.4 is 4.74 Å². The SMILES string of the molecule is CC(=CCOc1cc(Cl)c(Cl)cc1Cl)C(=O)O. The molecule has 1 aromatic rings. The maximum Gasteiger partial charge on any atom is 0.331 e. The maximum atomic E-state index is 10.5. The van der Waals surface area contributed by atoms with Gasteiger partial charge < -0.3 is 9.84 Å². The molecule has 1 rings (SSSR count). The summed E-state index contributed by atoms with van der Waals surface area (Å²) in [5.41, 5.74) is 0.196. The van der Waals surface area contributed by atoms with Gasteiger partial charge in [-0.2, -0.15) is 0 Å². The van der Waals surface area contributed by atoms with Crippen molar-refractivity contribution in [1.29, 1.82) is 0 Å². The first-order chi connectivity index (χ1) is 7.91. The highest BCUT2D eigenvalue weighted by Gasteiger charge is 2.07. The molecule has 0 aliphatic rings. The number of rotatable bonds is 4. The van der Waals surface area contributed by atoms with Crippen LogP contribution in [0.25, 0.3) is 0 Å². The van der Waals surface area contributed by atoms with Gasteiger partial charge in [0, 0.05) is 11.6 Å². The van der Waals surface area contributed by atoms with Crippen molar-refractivity contribution in [3.05, 3.63) is 38.8 Å². The first-order valence-corrected chi connectivity index (χ1v) is 5.72. The van der Waals surface area contributed by atoms with Gasteiger partial charge in [-0.15, -0.1) is 0 Å². The first-order valence-electron chi connectivity index (χ1n) is 4.59. The lowest BCUT2D eigenvalue weighted by Gasteiger charge is -2.07. The van der Waals surface area contributed by atoms with E-state index in [1.54, 1.807) is 0 Å². The van der Waals surface area contributed by atoms with Gasteiger partial charge in [0.25, 0.3) is 0 Å². The number of hydrogen-bond donors (Lipinski definition) is 1. The monoisotopic (exact) mass is 294 g/mol. The van der Waals surface area contributed by atoms with Crippen molar-refractivity contribution in [2.75, 3.05) is 6.61 Å². The van der Waals surface area contributed by atoms with Crippen LogP contribution in [-0.4, -0.2) is 17.7 Å². The molecule has 1 aromatic carbocycles. The van der Waals surface area contributed by atoms with E-state index in [9.17, 15) is 4.79 Å². The van der Waals surface area contributed by atoms with Gasteiger partial charge in [-0.05, 0) is 19.1 Å². The minimum atomic E-state index is -0.992. The Morgan fingerprint density at radius 1 is 1.29 bits per heavy atom. The van der Waals surface area contributed by atoms with Crippen LogP contribution in [0, 0.1) is 0 Å². The summed E-state index contributed by atoms with van der Waals surface area (Å²) in [6.45, 7) is 1.57. The number of hydrogen-bond acceptors (Lipinski definition) is 2. The van der Waals surface area contributed by atoms with Crippen LogP contribution in [0.1, 0.15) is 6.92 Å². The molecular weight excluding hydrogens is 286 g/mol. The third-order valence-electron chi connectivity index (χ3n) is 1.94.